The molecule has 0 spiro atoms. The summed E-state index contributed by atoms with van der Waals surface area (Å²) in [7, 11) is 0. The number of hydrogen-bond donors (Lipinski definition) is 3. The zero-order valence-electron chi connectivity index (χ0n) is 14.4. The Morgan fingerprint density at radius 3 is 2.50 bits per heavy atom. The summed E-state index contributed by atoms with van der Waals surface area (Å²) in [5, 5.41) is 15.1. The number of nitrogens with one attached hydrogen (secondary N) is 2. The molecule has 2 aromatic rings. The number of aliphatic hydroxyl groups is 1. The Kier molecular flexibility index (Phi) is 6.82. The Bertz CT molecular complexity index is 651. The Balaban J connectivity index is 1.71. The third-order valence-electron chi connectivity index (χ3n) is 3.94. The van der Waals surface area contributed by atoms with E-state index in [2.05, 4.69) is 48.7 Å². The Morgan fingerprint density at radius 1 is 1.08 bits per heavy atom. The molecule has 0 aliphatic heterocycles. The van der Waals surface area contributed by atoms with E-state index in [4.69, 9.17) is 5.11 Å². The maximum absolute atomic E-state index is 11.9. The highest BCUT2D eigenvalue weighted by Gasteiger charge is 2.03. The van der Waals surface area contributed by atoms with E-state index in [1.165, 1.54) is 11.1 Å². The van der Waals surface area contributed by atoms with Gasteiger partial charge in [0.2, 0.25) is 5.91 Å². The first-order valence-corrected chi connectivity index (χ1v) is 8.37. The lowest BCUT2D eigenvalue weighted by molar-refractivity contribution is -0.119. The normalized spacial score (nSPS) is 10.7. The van der Waals surface area contributed by atoms with Gasteiger partial charge in [-0.15, -0.1) is 0 Å². The van der Waals surface area contributed by atoms with Crippen molar-refractivity contribution < 1.29 is 9.90 Å². The molecule has 0 aliphatic carbocycles. The van der Waals surface area contributed by atoms with Gasteiger partial charge in [-0.25, -0.2) is 0 Å². The SMILES string of the molecule is CC(C)c1ccc(CCNC(=O)CNc2cccc(CO)c2)cc1. The van der Waals surface area contributed by atoms with Crippen LogP contribution in [0.25, 0.3) is 0 Å². The van der Waals surface area contributed by atoms with Crippen molar-refractivity contribution in [3.63, 3.8) is 0 Å². The number of hydrogen-bond acceptors (Lipinski definition) is 3. The summed E-state index contributed by atoms with van der Waals surface area (Å²) in [5.41, 5.74) is 4.21. The molecule has 4 heteroatoms. The Labute approximate surface area is 143 Å². The second-order valence-corrected chi connectivity index (χ2v) is 6.21. The summed E-state index contributed by atoms with van der Waals surface area (Å²) < 4.78 is 0. The van der Waals surface area contributed by atoms with Gasteiger partial charge in [0.1, 0.15) is 0 Å². The maximum atomic E-state index is 11.9. The second-order valence-electron chi connectivity index (χ2n) is 6.21. The zero-order chi connectivity index (χ0) is 17.4. The minimum Gasteiger partial charge on any atom is -0.392 e. The van der Waals surface area contributed by atoms with E-state index < -0.39 is 0 Å². The first-order valence-electron chi connectivity index (χ1n) is 8.37. The van der Waals surface area contributed by atoms with E-state index in [0.29, 0.717) is 12.5 Å². The molecule has 1 amide bonds. The third-order valence-corrected chi connectivity index (χ3v) is 3.94. The van der Waals surface area contributed by atoms with Crippen molar-refractivity contribution >= 4 is 11.6 Å². The molecule has 128 valence electrons. The van der Waals surface area contributed by atoms with Gasteiger partial charge in [-0.3, -0.25) is 4.79 Å². The molecule has 0 fully saturated rings. The average molecular weight is 326 g/mol. The molecule has 0 atom stereocenters. The first-order chi connectivity index (χ1) is 11.6. The molecule has 0 saturated carbocycles. The van der Waals surface area contributed by atoms with Crippen LogP contribution < -0.4 is 10.6 Å². The van der Waals surface area contributed by atoms with Crippen molar-refractivity contribution in [2.24, 2.45) is 0 Å². The minimum atomic E-state index is -0.0387. The van der Waals surface area contributed by atoms with Crippen LogP contribution >= 0.6 is 0 Å². The molecule has 24 heavy (non-hydrogen) atoms. The number of benzene rings is 2. The van der Waals surface area contributed by atoms with Crippen molar-refractivity contribution in [2.75, 3.05) is 18.4 Å². The van der Waals surface area contributed by atoms with Crippen LogP contribution in [0.2, 0.25) is 0 Å². The van der Waals surface area contributed by atoms with Gasteiger partial charge in [0.25, 0.3) is 0 Å². The van der Waals surface area contributed by atoms with Crippen LogP contribution in [0.15, 0.2) is 48.5 Å². The predicted octanol–water partition coefficient (Wildman–Crippen LogP) is 3.07. The summed E-state index contributed by atoms with van der Waals surface area (Å²) in [6.45, 7) is 5.20. The number of carbonyl (C=O) groups is 1. The number of carbonyl (C=O) groups excluding carboxylic acids is 1. The van der Waals surface area contributed by atoms with Crippen LogP contribution in [0.3, 0.4) is 0 Å². The molecular formula is C20H26N2O2. The topological polar surface area (TPSA) is 61.4 Å². The lowest BCUT2D eigenvalue weighted by Crippen LogP contribution is -2.31. The summed E-state index contributed by atoms with van der Waals surface area (Å²) in [6, 6.07) is 16.0. The summed E-state index contributed by atoms with van der Waals surface area (Å²) in [4.78, 5) is 11.9. The predicted molar refractivity (Wildman–Crippen MR) is 98.1 cm³/mol. The van der Waals surface area contributed by atoms with Gasteiger partial charge in [0, 0.05) is 12.2 Å². The highest BCUT2D eigenvalue weighted by Crippen LogP contribution is 2.14. The van der Waals surface area contributed by atoms with Crippen molar-refractivity contribution in [2.45, 2.75) is 32.8 Å². The number of amides is 1. The fraction of sp³-hybridized carbons (Fsp3) is 0.350. The van der Waals surface area contributed by atoms with Crippen LogP contribution in [0.4, 0.5) is 5.69 Å². The summed E-state index contributed by atoms with van der Waals surface area (Å²) in [6.07, 6.45) is 0.824. The lowest BCUT2D eigenvalue weighted by Gasteiger charge is -2.09. The summed E-state index contributed by atoms with van der Waals surface area (Å²) >= 11 is 0. The fourth-order valence-electron chi connectivity index (χ4n) is 2.44. The highest BCUT2D eigenvalue weighted by molar-refractivity contribution is 5.80. The van der Waals surface area contributed by atoms with E-state index in [1.54, 1.807) is 0 Å². The van der Waals surface area contributed by atoms with Gasteiger partial charge < -0.3 is 15.7 Å². The molecule has 0 aliphatic rings. The molecule has 0 unspecified atom stereocenters. The van der Waals surface area contributed by atoms with Crippen LogP contribution in [-0.4, -0.2) is 24.1 Å². The molecule has 4 nitrogen and oxygen atoms in total. The van der Waals surface area contributed by atoms with Crippen molar-refractivity contribution in [1.29, 1.82) is 0 Å². The first kappa shape index (κ1) is 18.0. The number of rotatable bonds is 8. The number of aliphatic hydroxyl groups excluding tert-OH is 1. The maximum Gasteiger partial charge on any atom is 0.239 e. The molecule has 0 saturated heterocycles. The molecule has 2 aromatic carbocycles. The third kappa shape index (κ3) is 5.70. The van der Waals surface area contributed by atoms with Crippen LogP contribution in [0, 0.1) is 0 Å². The number of anilines is 1. The van der Waals surface area contributed by atoms with Crippen molar-refractivity contribution in [3.8, 4) is 0 Å². The Morgan fingerprint density at radius 2 is 1.83 bits per heavy atom. The molecule has 0 heterocycles. The van der Waals surface area contributed by atoms with Gasteiger partial charge in [0.15, 0.2) is 0 Å². The molecule has 3 N–H and O–H groups in total. The van der Waals surface area contributed by atoms with E-state index >= 15 is 0 Å². The second kappa shape index (κ2) is 9.08. The van der Waals surface area contributed by atoms with E-state index in [0.717, 1.165) is 17.7 Å². The Hall–Kier alpha value is -2.33. The van der Waals surface area contributed by atoms with Gasteiger partial charge in [-0.2, -0.15) is 0 Å². The molecular weight excluding hydrogens is 300 g/mol. The van der Waals surface area contributed by atoms with Crippen molar-refractivity contribution in [1.82, 2.24) is 5.32 Å². The standard InChI is InChI=1S/C20H26N2O2/c1-15(2)18-8-6-16(7-9-18)10-11-21-20(24)13-22-19-5-3-4-17(12-19)14-23/h3-9,12,15,22-23H,10-11,13-14H2,1-2H3,(H,21,24). The van der Waals surface area contributed by atoms with E-state index in [-0.39, 0.29) is 19.1 Å². The van der Waals surface area contributed by atoms with Gasteiger partial charge in [-0.05, 0) is 41.2 Å². The van der Waals surface area contributed by atoms with Crippen LogP contribution in [0.1, 0.15) is 36.5 Å². The lowest BCUT2D eigenvalue weighted by atomic mass is 10.0. The fourth-order valence-corrected chi connectivity index (χ4v) is 2.44. The van der Waals surface area contributed by atoms with E-state index in [9.17, 15) is 4.79 Å². The van der Waals surface area contributed by atoms with E-state index in [1.807, 2.05) is 24.3 Å². The molecule has 0 radical (unpaired) electrons. The average Bonchev–Trinajstić information content (AvgIpc) is 2.60. The van der Waals surface area contributed by atoms with Gasteiger partial charge in [0.05, 0.1) is 13.2 Å². The molecule has 2 rings (SSSR count). The molecule has 0 aromatic heterocycles. The zero-order valence-corrected chi connectivity index (χ0v) is 14.4. The van der Waals surface area contributed by atoms with Gasteiger partial charge >= 0.3 is 0 Å². The van der Waals surface area contributed by atoms with Crippen molar-refractivity contribution in [3.05, 3.63) is 65.2 Å². The minimum absolute atomic E-state index is 0.00266. The monoisotopic (exact) mass is 326 g/mol. The quantitative estimate of drug-likeness (QED) is 0.699. The largest absolute Gasteiger partial charge is 0.392 e. The summed E-state index contributed by atoms with van der Waals surface area (Å²) in [5.74, 6) is 0.498. The van der Waals surface area contributed by atoms with Crippen LogP contribution in [-0.2, 0) is 17.8 Å². The van der Waals surface area contributed by atoms with Gasteiger partial charge in [-0.1, -0.05) is 50.2 Å². The highest BCUT2D eigenvalue weighted by atomic mass is 16.3. The smallest absolute Gasteiger partial charge is 0.239 e. The molecule has 0 bridgehead atoms. The van der Waals surface area contributed by atoms with Crippen LogP contribution in [0.5, 0.6) is 0 Å².